The monoisotopic (exact) mass is 284 g/mol. The molecule has 8 heteroatoms. The predicted octanol–water partition coefficient (Wildman–Crippen LogP) is -0.408. The number of aliphatic hydroxyl groups is 1. The largest absolute Gasteiger partial charge is 0.395 e. The molecular weight excluding hydrogens is 268 g/mol. The lowest BCUT2D eigenvalue weighted by atomic mass is 10.3. The second kappa shape index (κ2) is 6.71. The summed E-state index contributed by atoms with van der Waals surface area (Å²) in [7, 11) is 1.63. The van der Waals surface area contributed by atoms with Crippen molar-refractivity contribution in [3.8, 4) is 0 Å². The van der Waals surface area contributed by atoms with E-state index in [9.17, 15) is 4.79 Å². The van der Waals surface area contributed by atoms with Gasteiger partial charge in [-0.05, 0) is 0 Å². The van der Waals surface area contributed by atoms with Gasteiger partial charge in [-0.3, -0.25) is 9.69 Å². The summed E-state index contributed by atoms with van der Waals surface area (Å²) in [5, 5.41) is 12.9. The van der Waals surface area contributed by atoms with E-state index >= 15 is 0 Å². The Morgan fingerprint density at radius 3 is 3.11 bits per heavy atom. The summed E-state index contributed by atoms with van der Waals surface area (Å²) in [5.41, 5.74) is 2.08. The van der Waals surface area contributed by atoms with Gasteiger partial charge in [0.05, 0.1) is 18.9 Å². The minimum Gasteiger partial charge on any atom is -0.395 e. The van der Waals surface area contributed by atoms with E-state index in [1.165, 1.54) is 21.9 Å². The smallest absolute Gasteiger partial charge is 0.275 e. The highest BCUT2D eigenvalue weighted by Crippen LogP contribution is 2.06. The molecule has 0 aliphatic heterocycles. The molecule has 0 aromatic carbocycles. The van der Waals surface area contributed by atoms with Gasteiger partial charge in [0, 0.05) is 32.8 Å². The van der Waals surface area contributed by atoms with Crippen molar-refractivity contribution in [3.63, 3.8) is 0 Å². The summed E-state index contributed by atoms with van der Waals surface area (Å²) in [6.45, 7) is 2.34. The van der Waals surface area contributed by atoms with Gasteiger partial charge in [0.15, 0.2) is 0 Å². The van der Waals surface area contributed by atoms with Crippen molar-refractivity contribution in [2.24, 2.45) is 0 Å². The van der Waals surface area contributed by atoms with E-state index < -0.39 is 0 Å². The second-order valence-electron chi connectivity index (χ2n) is 4.01. The van der Waals surface area contributed by atoms with Crippen molar-refractivity contribution in [3.05, 3.63) is 27.6 Å². The third-order valence-electron chi connectivity index (χ3n) is 2.65. The standard InChI is InChI=1S/C11H16N4O3S/c1-18-5-3-14(2-4-16)7-9-6-10(17)15-11(13-9)19-8-12-15/h6,8,16H,2-5,7H2,1H3. The predicted molar refractivity (Wildman–Crippen MR) is 71.4 cm³/mol. The van der Waals surface area contributed by atoms with E-state index in [2.05, 4.69) is 10.1 Å². The van der Waals surface area contributed by atoms with E-state index in [0.29, 0.717) is 36.9 Å². The number of hydrogen-bond donors (Lipinski definition) is 1. The van der Waals surface area contributed by atoms with Gasteiger partial charge in [0.25, 0.3) is 5.56 Å². The molecule has 0 bridgehead atoms. The Labute approximate surface area is 114 Å². The molecule has 7 nitrogen and oxygen atoms in total. The molecule has 2 aromatic heterocycles. The van der Waals surface area contributed by atoms with Gasteiger partial charge >= 0.3 is 0 Å². The number of rotatable bonds is 7. The van der Waals surface area contributed by atoms with Crippen molar-refractivity contribution in [2.45, 2.75) is 6.54 Å². The molecule has 0 unspecified atom stereocenters. The van der Waals surface area contributed by atoms with Crippen LogP contribution < -0.4 is 5.56 Å². The van der Waals surface area contributed by atoms with Crippen LogP contribution in [-0.2, 0) is 11.3 Å². The third-order valence-corrected chi connectivity index (χ3v) is 3.33. The van der Waals surface area contributed by atoms with Gasteiger partial charge in [-0.25, -0.2) is 4.98 Å². The van der Waals surface area contributed by atoms with Crippen LogP contribution in [0.25, 0.3) is 4.96 Å². The van der Waals surface area contributed by atoms with Gasteiger partial charge in [-0.15, -0.1) is 0 Å². The average molecular weight is 284 g/mol. The lowest BCUT2D eigenvalue weighted by molar-refractivity contribution is 0.126. The Hall–Kier alpha value is -1.35. The topological polar surface area (TPSA) is 80.0 Å². The first kappa shape index (κ1) is 14.1. The molecule has 0 spiro atoms. The quantitative estimate of drug-likeness (QED) is 0.744. The number of fused-ring (bicyclic) bond motifs is 1. The van der Waals surface area contributed by atoms with Gasteiger partial charge < -0.3 is 9.84 Å². The lowest BCUT2D eigenvalue weighted by Gasteiger charge is -2.20. The highest BCUT2D eigenvalue weighted by molar-refractivity contribution is 7.14. The van der Waals surface area contributed by atoms with Crippen LogP contribution in [0.15, 0.2) is 16.4 Å². The number of aromatic nitrogens is 3. The van der Waals surface area contributed by atoms with Crippen molar-refractivity contribution in [1.82, 2.24) is 19.5 Å². The molecule has 19 heavy (non-hydrogen) atoms. The van der Waals surface area contributed by atoms with Gasteiger partial charge in [0.2, 0.25) is 4.96 Å². The molecule has 0 aliphatic rings. The zero-order valence-corrected chi connectivity index (χ0v) is 11.5. The summed E-state index contributed by atoms with van der Waals surface area (Å²) in [4.78, 5) is 18.7. The average Bonchev–Trinajstić information content (AvgIpc) is 2.85. The minimum absolute atomic E-state index is 0.0610. The van der Waals surface area contributed by atoms with Crippen LogP contribution in [0.5, 0.6) is 0 Å². The molecule has 0 radical (unpaired) electrons. The summed E-state index contributed by atoms with van der Waals surface area (Å²) in [6, 6.07) is 1.48. The first-order valence-electron chi connectivity index (χ1n) is 5.89. The van der Waals surface area contributed by atoms with E-state index in [0.717, 1.165) is 0 Å². The van der Waals surface area contributed by atoms with Gasteiger partial charge in [-0.1, -0.05) is 11.3 Å². The summed E-state index contributed by atoms with van der Waals surface area (Å²) in [6.07, 6.45) is 0. The molecular formula is C11H16N4O3S. The van der Waals surface area contributed by atoms with Crippen LogP contribution in [0.4, 0.5) is 0 Å². The molecule has 0 saturated heterocycles. The van der Waals surface area contributed by atoms with Crippen molar-refractivity contribution in [1.29, 1.82) is 0 Å². The lowest BCUT2D eigenvalue weighted by Crippen LogP contribution is -2.31. The van der Waals surface area contributed by atoms with Crippen molar-refractivity contribution in [2.75, 3.05) is 33.4 Å². The third kappa shape index (κ3) is 3.57. The zero-order valence-electron chi connectivity index (χ0n) is 10.7. The first-order chi connectivity index (χ1) is 9.24. The molecule has 1 N–H and O–H groups in total. The molecule has 0 atom stereocenters. The Kier molecular flexibility index (Phi) is 4.97. The molecule has 0 fully saturated rings. The molecule has 0 aliphatic carbocycles. The fourth-order valence-electron chi connectivity index (χ4n) is 1.74. The second-order valence-corrected chi connectivity index (χ2v) is 4.82. The van der Waals surface area contributed by atoms with E-state index in [1.54, 1.807) is 12.6 Å². The van der Waals surface area contributed by atoms with E-state index in [4.69, 9.17) is 9.84 Å². The first-order valence-corrected chi connectivity index (χ1v) is 6.77. The normalized spacial score (nSPS) is 11.5. The SMILES string of the molecule is COCCN(CCO)Cc1cc(=O)n2ncsc2n1. The Balaban J connectivity index is 2.15. The van der Waals surface area contributed by atoms with Crippen molar-refractivity contribution >= 4 is 16.3 Å². The molecule has 2 rings (SSSR count). The van der Waals surface area contributed by atoms with Crippen LogP contribution in [0.3, 0.4) is 0 Å². The number of methoxy groups -OCH3 is 1. The Bertz CT molecular complexity index is 583. The van der Waals surface area contributed by atoms with Crippen LogP contribution in [0, 0.1) is 0 Å². The maximum atomic E-state index is 11.8. The maximum absolute atomic E-state index is 11.8. The van der Waals surface area contributed by atoms with Crippen molar-refractivity contribution < 1.29 is 9.84 Å². The maximum Gasteiger partial charge on any atom is 0.275 e. The Morgan fingerprint density at radius 1 is 1.53 bits per heavy atom. The summed E-state index contributed by atoms with van der Waals surface area (Å²) >= 11 is 1.32. The Morgan fingerprint density at radius 2 is 2.37 bits per heavy atom. The number of ether oxygens (including phenoxy) is 1. The summed E-state index contributed by atoms with van der Waals surface area (Å²) < 4.78 is 6.30. The molecule has 0 amide bonds. The van der Waals surface area contributed by atoms with Gasteiger partial charge in [0.1, 0.15) is 5.51 Å². The highest BCUT2D eigenvalue weighted by Gasteiger charge is 2.09. The molecule has 2 heterocycles. The van der Waals surface area contributed by atoms with E-state index in [1.807, 2.05) is 4.90 Å². The summed E-state index contributed by atoms with van der Waals surface area (Å²) in [5.74, 6) is 0. The number of aliphatic hydroxyl groups excluding tert-OH is 1. The van der Waals surface area contributed by atoms with Crippen LogP contribution in [-0.4, -0.2) is 58.0 Å². The van der Waals surface area contributed by atoms with Gasteiger partial charge in [-0.2, -0.15) is 9.61 Å². The van der Waals surface area contributed by atoms with E-state index in [-0.39, 0.29) is 12.2 Å². The number of nitrogens with zero attached hydrogens (tertiary/aromatic N) is 4. The number of hydrogen-bond acceptors (Lipinski definition) is 7. The zero-order chi connectivity index (χ0) is 13.7. The highest BCUT2D eigenvalue weighted by atomic mass is 32.1. The minimum atomic E-state index is -0.183. The molecule has 0 saturated carbocycles. The fraction of sp³-hybridized carbons (Fsp3) is 0.545. The van der Waals surface area contributed by atoms with Crippen LogP contribution >= 0.6 is 11.3 Å². The van der Waals surface area contributed by atoms with Crippen LogP contribution in [0.1, 0.15) is 5.69 Å². The molecule has 2 aromatic rings. The fourth-order valence-corrected chi connectivity index (χ4v) is 2.39. The van der Waals surface area contributed by atoms with Crippen LogP contribution in [0.2, 0.25) is 0 Å². The molecule has 104 valence electrons.